The van der Waals surface area contributed by atoms with Crippen LogP contribution in [0, 0.1) is 0 Å². The van der Waals surface area contributed by atoms with Crippen LogP contribution in [-0.4, -0.2) is 18.7 Å². The highest BCUT2D eigenvalue weighted by molar-refractivity contribution is 6.12. The summed E-state index contributed by atoms with van der Waals surface area (Å²) in [6, 6.07) is 28.0. The Kier molecular flexibility index (Phi) is 3.97. The first-order valence-electron chi connectivity index (χ1n) is 22.4. The van der Waals surface area contributed by atoms with E-state index in [1.807, 2.05) is 95.6 Å². The molecule has 0 radical (unpaired) electrons. The molecule has 0 saturated carbocycles. The number of pyridine rings is 1. The molecule has 0 atom stereocenters. The quantitative estimate of drug-likeness (QED) is 0.184. The summed E-state index contributed by atoms with van der Waals surface area (Å²) in [6.45, 7) is 0. The summed E-state index contributed by atoms with van der Waals surface area (Å²) >= 11 is 0. The number of rotatable bonds is 4. The fraction of sp³-hybridized carbons (Fsp3) is 0. The van der Waals surface area contributed by atoms with E-state index in [1.165, 1.54) is 4.57 Å². The molecule has 0 unspecified atom stereocenters. The van der Waals surface area contributed by atoms with Gasteiger partial charge in [0.15, 0.2) is 0 Å². The predicted octanol–water partition coefficient (Wildman–Crippen LogP) is 12.0. The first-order chi connectivity index (χ1) is 30.3. The Hall–Kier alpha value is -6.91. The van der Waals surface area contributed by atoms with E-state index < -0.39 is 36.3 Å². The summed E-state index contributed by atoms with van der Waals surface area (Å²) < 4.78 is 110. The molecule has 11 rings (SSSR count). The Morgan fingerprint density at radius 2 is 0.961 bits per heavy atom. The van der Waals surface area contributed by atoms with Gasteiger partial charge in [0.25, 0.3) is 0 Å². The molecular weight excluding hydrogens is 621 g/mol. The first kappa shape index (κ1) is 18.7. The molecule has 0 aliphatic carbocycles. The van der Waals surface area contributed by atoms with Gasteiger partial charge in [-0.25, -0.2) is 4.98 Å². The third-order valence-electron chi connectivity index (χ3n) is 9.66. The maximum absolute atomic E-state index is 9.00. The molecule has 51 heavy (non-hydrogen) atoms. The van der Waals surface area contributed by atoms with Crippen molar-refractivity contribution in [3.05, 3.63) is 182 Å². The highest BCUT2D eigenvalue weighted by Gasteiger charge is 2.19. The second-order valence-electron chi connectivity index (χ2n) is 12.3. The van der Waals surface area contributed by atoms with E-state index in [2.05, 4.69) is 4.57 Å². The van der Waals surface area contributed by atoms with Crippen LogP contribution in [0.3, 0.4) is 0 Å². The van der Waals surface area contributed by atoms with E-state index in [0.717, 1.165) is 27.5 Å². The van der Waals surface area contributed by atoms with Crippen LogP contribution in [0.5, 0.6) is 0 Å². The van der Waals surface area contributed by atoms with Gasteiger partial charge in [-0.1, -0.05) is 121 Å². The molecule has 4 nitrogen and oxygen atoms in total. The van der Waals surface area contributed by atoms with Gasteiger partial charge in [0, 0.05) is 43.6 Å². The fourth-order valence-electron chi connectivity index (χ4n) is 7.54. The lowest BCUT2D eigenvalue weighted by Crippen LogP contribution is -2.00. The second-order valence-corrected chi connectivity index (χ2v) is 12.3. The number of aromatic nitrogens is 4. The molecule has 11 aromatic rings. The average molecular weight is 663 g/mol. The summed E-state index contributed by atoms with van der Waals surface area (Å²) in [5.41, 5.74) is 5.90. The zero-order valence-electron chi connectivity index (χ0n) is 38.7. The molecule has 0 aliphatic rings. The van der Waals surface area contributed by atoms with Crippen LogP contribution in [0.25, 0.3) is 93.7 Å². The highest BCUT2D eigenvalue weighted by Crippen LogP contribution is 2.39. The molecule has 0 amide bonds. The van der Waals surface area contributed by atoms with Crippen LogP contribution in [-0.2, 0) is 0 Å². The van der Waals surface area contributed by atoms with Gasteiger partial charge in [-0.05, 0) is 60.1 Å². The topological polar surface area (TPSA) is 27.7 Å². The van der Waals surface area contributed by atoms with Crippen molar-refractivity contribution in [1.29, 1.82) is 0 Å². The van der Waals surface area contributed by atoms with Crippen LogP contribution in [0.4, 0.5) is 0 Å². The van der Waals surface area contributed by atoms with Crippen molar-refractivity contribution in [3.8, 4) is 28.2 Å². The molecule has 4 heteroatoms. The summed E-state index contributed by atoms with van der Waals surface area (Å²) in [5.74, 6) is 0. The lowest BCUT2D eigenvalue weighted by molar-refractivity contribution is 1.11. The minimum atomic E-state index is -0.503. The van der Waals surface area contributed by atoms with Crippen LogP contribution in [0.1, 0.15) is 16.4 Å². The van der Waals surface area contributed by atoms with E-state index in [9.17, 15) is 0 Å². The van der Waals surface area contributed by atoms with Crippen molar-refractivity contribution >= 4 is 65.5 Å². The molecule has 0 aliphatic heterocycles. The van der Waals surface area contributed by atoms with E-state index in [1.54, 1.807) is 18.3 Å². The Morgan fingerprint density at radius 3 is 1.67 bits per heavy atom. The number of hydrogen-bond donors (Lipinski definition) is 0. The first-order valence-corrected chi connectivity index (χ1v) is 16.4. The molecule has 4 heterocycles. The van der Waals surface area contributed by atoms with Gasteiger partial charge in [-0.2, -0.15) is 0 Å². The van der Waals surface area contributed by atoms with Crippen molar-refractivity contribution in [3.63, 3.8) is 0 Å². The molecule has 0 saturated heterocycles. The monoisotopic (exact) mass is 662 g/mol. The number of hydrogen-bond acceptors (Lipinski definition) is 1. The maximum Gasteiger partial charge on any atom is 0.145 e. The molecule has 7 aromatic carbocycles. The molecule has 0 fully saturated rings. The molecule has 0 spiro atoms. The maximum atomic E-state index is 9.00. The third-order valence-corrected chi connectivity index (χ3v) is 9.66. The van der Waals surface area contributed by atoms with Gasteiger partial charge in [0.1, 0.15) is 5.65 Å². The second kappa shape index (κ2) is 10.8. The molecular formula is C47H30N4. The molecule has 238 valence electrons. The lowest BCUT2D eigenvalue weighted by Gasteiger charge is -2.15. The minimum Gasteiger partial charge on any atom is -0.309 e. The zero-order chi connectivity index (χ0) is 43.9. The molecule has 4 aromatic heterocycles. The third kappa shape index (κ3) is 4.05. The number of para-hydroxylation sites is 6. The van der Waals surface area contributed by atoms with Crippen LogP contribution in [0.15, 0.2) is 182 Å². The van der Waals surface area contributed by atoms with Gasteiger partial charge in [0.2, 0.25) is 0 Å². The van der Waals surface area contributed by atoms with E-state index in [0.29, 0.717) is 44.4 Å². The molecule has 0 N–H and O–H groups in total. The largest absolute Gasteiger partial charge is 0.309 e. The lowest BCUT2D eigenvalue weighted by atomic mass is 10.0. The van der Waals surface area contributed by atoms with Gasteiger partial charge in [-0.3, -0.25) is 4.57 Å². The number of fused-ring (bicyclic) bond motifs is 9. The van der Waals surface area contributed by atoms with Crippen molar-refractivity contribution in [2.45, 2.75) is 0 Å². The summed E-state index contributed by atoms with van der Waals surface area (Å²) in [4.78, 5) is 5.09. The Labute approximate surface area is 310 Å². The SMILES string of the molecule is [2H]c1c([2H])c([2H])c2c(c1[2H])c1ccccc1n2-c1cnc2c(c1)c1ccccc1n2-c1ccccc1-c1cccc(-n2c3c([2H])c([2H])c([2H])c([2H])c3c3c([2H])c([2H])c([2H])c([2H])c32)c1. The van der Waals surface area contributed by atoms with Crippen LogP contribution in [0.2, 0.25) is 0 Å². The van der Waals surface area contributed by atoms with Gasteiger partial charge in [-0.15, -0.1) is 0 Å². The average Bonchev–Trinajstić information content (AvgIpc) is 3.96. The van der Waals surface area contributed by atoms with E-state index >= 15 is 0 Å². The summed E-state index contributed by atoms with van der Waals surface area (Å²) in [6.07, 6.45) is 1.71. The van der Waals surface area contributed by atoms with Crippen LogP contribution >= 0.6 is 0 Å². The van der Waals surface area contributed by atoms with Crippen molar-refractivity contribution in [2.24, 2.45) is 0 Å². The van der Waals surface area contributed by atoms with Crippen molar-refractivity contribution in [1.82, 2.24) is 18.7 Å². The van der Waals surface area contributed by atoms with Crippen molar-refractivity contribution in [2.75, 3.05) is 0 Å². The van der Waals surface area contributed by atoms with Crippen molar-refractivity contribution < 1.29 is 16.4 Å². The normalized spacial score (nSPS) is 15.2. The van der Waals surface area contributed by atoms with Gasteiger partial charge in [0.05, 0.1) is 61.6 Å². The summed E-state index contributed by atoms with van der Waals surface area (Å²) in [5, 5.41) is 2.82. The Morgan fingerprint density at radius 1 is 0.412 bits per heavy atom. The molecule has 0 bridgehead atoms. The highest BCUT2D eigenvalue weighted by atomic mass is 15.1. The predicted molar refractivity (Wildman–Crippen MR) is 213 cm³/mol. The van der Waals surface area contributed by atoms with Gasteiger partial charge < -0.3 is 9.13 Å². The Balaban J connectivity index is 1.15. The van der Waals surface area contributed by atoms with Crippen LogP contribution < -0.4 is 0 Å². The van der Waals surface area contributed by atoms with Gasteiger partial charge >= 0.3 is 0 Å². The number of benzene rings is 7. The fourth-order valence-corrected chi connectivity index (χ4v) is 7.54. The standard InChI is InChI=1S/C47H30N4/c1-7-22-41(34(16-1)31-14-13-15-32(28-31)49-42-23-8-2-17-35(42)36-18-3-9-24-43(36)49)51-46-27-12-6-21-39(46)40-29-33(30-48-47(40)51)50-44-25-10-4-19-37(44)38-20-5-11-26-45(38)50/h1-30H/i2D,3D,4D,8D,9D,10D,17D,18D,19D,23D,24D,25D. The van der Waals surface area contributed by atoms with E-state index in [-0.39, 0.29) is 58.1 Å². The van der Waals surface area contributed by atoms with E-state index in [4.69, 9.17) is 21.4 Å². The zero-order valence-corrected chi connectivity index (χ0v) is 26.7. The summed E-state index contributed by atoms with van der Waals surface area (Å²) in [7, 11) is 0. The smallest absolute Gasteiger partial charge is 0.145 e. The Bertz CT molecular complexity index is 3770. The number of nitrogens with zero attached hydrogens (tertiary/aromatic N) is 4. The minimum absolute atomic E-state index is 0.00536.